The summed E-state index contributed by atoms with van der Waals surface area (Å²) in [5, 5.41) is 10.0. The van der Waals surface area contributed by atoms with E-state index in [-0.39, 0.29) is 28.2 Å². The molecule has 0 aliphatic carbocycles. The molecular formula is C10H10Cl3N3O2. The predicted octanol–water partition coefficient (Wildman–Crippen LogP) is 1.78. The van der Waals surface area contributed by atoms with Crippen LogP contribution in [0.2, 0.25) is 15.5 Å². The van der Waals surface area contributed by atoms with Crippen molar-refractivity contribution >= 4 is 40.6 Å². The fraction of sp³-hybridized carbons (Fsp3) is 0.600. The van der Waals surface area contributed by atoms with E-state index in [9.17, 15) is 5.11 Å². The van der Waals surface area contributed by atoms with Gasteiger partial charge < -0.3 is 14.7 Å². The Hall–Kier alpha value is -0.330. The molecule has 0 amide bonds. The van der Waals surface area contributed by atoms with E-state index in [0.717, 1.165) is 6.42 Å². The number of aromatic nitrogens is 2. The fourth-order valence-electron chi connectivity index (χ4n) is 2.59. The molecule has 2 saturated heterocycles. The zero-order valence-electron chi connectivity index (χ0n) is 9.24. The maximum Gasteiger partial charge on any atom is 0.225 e. The largest absolute Gasteiger partial charge is 0.394 e. The third kappa shape index (κ3) is 1.77. The third-order valence-corrected chi connectivity index (χ3v) is 4.36. The zero-order valence-corrected chi connectivity index (χ0v) is 11.5. The van der Waals surface area contributed by atoms with Gasteiger partial charge in [-0.3, -0.25) is 0 Å². The number of halogens is 3. The van der Waals surface area contributed by atoms with Crippen LogP contribution in [0.1, 0.15) is 6.42 Å². The van der Waals surface area contributed by atoms with E-state index in [0.29, 0.717) is 19.0 Å². The first-order valence-electron chi connectivity index (χ1n) is 5.44. The summed E-state index contributed by atoms with van der Waals surface area (Å²) in [5.41, 5.74) is -0.477. The Morgan fingerprint density at radius 3 is 2.83 bits per heavy atom. The van der Waals surface area contributed by atoms with Gasteiger partial charge in [-0.15, -0.1) is 0 Å². The van der Waals surface area contributed by atoms with Gasteiger partial charge in [0.25, 0.3) is 0 Å². The number of fused-ring (bicyclic) bond motifs is 2. The van der Waals surface area contributed by atoms with E-state index in [1.54, 1.807) is 0 Å². The topological polar surface area (TPSA) is 58.5 Å². The van der Waals surface area contributed by atoms with Crippen LogP contribution in [0.4, 0.5) is 5.82 Å². The zero-order chi connectivity index (χ0) is 12.9. The van der Waals surface area contributed by atoms with E-state index in [1.165, 1.54) is 0 Å². The van der Waals surface area contributed by atoms with Gasteiger partial charge in [-0.05, 0) is 11.6 Å². The molecule has 2 aliphatic heterocycles. The van der Waals surface area contributed by atoms with Gasteiger partial charge in [0.05, 0.1) is 24.9 Å². The molecule has 2 aliphatic rings. The highest BCUT2D eigenvalue weighted by Gasteiger charge is 2.52. The molecule has 3 heterocycles. The molecule has 1 aromatic heterocycles. The average molecular weight is 311 g/mol. The monoisotopic (exact) mass is 309 g/mol. The highest BCUT2D eigenvalue weighted by Crippen LogP contribution is 2.43. The lowest BCUT2D eigenvalue weighted by Gasteiger charge is -2.38. The van der Waals surface area contributed by atoms with E-state index in [1.807, 2.05) is 4.90 Å². The van der Waals surface area contributed by atoms with Gasteiger partial charge in [0.2, 0.25) is 5.28 Å². The molecular weight excluding hydrogens is 300 g/mol. The first-order chi connectivity index (χ1) is 8.55. The second kappa shape index (κ2) is 4.35. The average Bonchev–Trinajstić information content (AvgIpc) is 2.92. The van der Waals surface area contributed by atoms with Crippen molar-refractivity contribution in [2.24, 2.45) is 0 Å². The third-order valence-electron chi connectivity index (χ3n) is 3.47. The van der Waals surface area contributed by atoms with Crippen LogP contribution in [0.3, 0.4) is 0 Å². The van der Waals surface area contributed by atoms with Crippen LogP contribution in [-0.2, 0) is 4.74 Å². The predicted molar refractivity (Wildman–Crippen MR) is 68.6 cm³/mol. The van der Waals surface area contributed by atoms with E-state index >= 15 is 0 Å². The number of hydrogen-bond donors (Lipinski definition) is 1. The molecule has 0 radical (unpaired) electrons. The van der Waals surface area contributed by atoms with Gasteiger partial charge in [-0.1, -0.05) is 23.2 Å². The van der Waals surface area contributed by atoms with E-state index < -0.39 is 5.54 Å². The molecule has 0 spiro atoms. The second-order valence-corrected chi connectivity index (χ2v) is 5.63. The van der Waals surface area contributed by atoms with Crippen molar-refractivity contribution in [3.63, 3.8) is 0 Å². The van der Waals surface area contributed by atoms with Gasteiger partial charge in [0.15, 0.2) is 11.0 Å². The normalized spacial score (nSPS) is 30.2. The van der Waals surface area contributed by atoms with Crippen molar-refractivity contribution in [1.29, 1.82) is 0 Å². The molecule has 2 fully saturated rings. The first-order valence-corrected chi connectivity index (χ1v) is 6.58. The van der Waals surface area contributed by atoms with Crippen LogP contribution in [0.5, 0.6) is 0 Å². The van der Waals surface area contributed by atoms with Gasteiger partial charge in [0.1, 0.15) is 5.02 Å². The Labute approximate surface area is 119 Å². The Kier molecular flexibility index (Phi) is 3.07. The van der Waals surface area contributed by atoms with Crippen molar-refractivity contribution < 1.29 is 9.84 Å². The molecule has 1 N–H and O–H groups in total. The molecule has 5 nitrogen and oxygen atoms in total. The highest BCUT2D eigenvalue weighted by atomic mass is 35.5. The standard InChI is InChI=1S/C10H10Cl3N3O2/c11-6-7(12)14-9(13)15-8(6)16-2-5-1-10(16,3-17)4-18-5/h5,17H,1-4H2/t5-,10+/m0/s1. The van der Waals surface area contributed by atoms with Crippen molar-refractivity contribution in [1.82, 2.24) is 9.97 Å². The quantitative estimate of drug-likeness (QED) is 0.666. The van der Waals surface area contributed by atoms with Gasteiger partial charge in [-0.25, -0.2) is 4.98 Å². The SMILES string of the molecule is OC[C@]12CO[C@H](CN1c1nc(Cl)nc(Cl)c1Cl)C2. The summed E-state index contributed by atoms with van der Waals surface area (Å²) in [5.74, 6) is 0.460. The number of ether oxygens (including phenoxy) is 1. The molecule has 1 aromatic rings. The van der Waals surface area contributed by atoms with Crippen molar-refractivity contribution in [3.8, 4) is 0 Å². The van der Waals surface area contributed by atoms with Crippen LogP contribution in [0.15, 0.2) is 0 Å². The van der Waals surface area contributed by atoms with Gasteiger partial charge in [-0.2, -0.15) is 4.98 Å². The number of anilines is 1. The maximum atomic E-state index is 9.63. The number of rotatable bonds is 2. The number of hydrogen-bond acceptors (Lipinski definition) is 5. The van der Waals surface area contributed by atoms with Gasteiger partial charge >= 0.3 is 0 Å². The van der Waals surface area contributed by atoms with Crippen LogP contribution in [0.25, 0.3) is 0 Å². The summed E-state index contributed by atoms with van der Waals surface area (Å²) in [6.07, 6.45) is 0.833. The minimum atomic E-state index is -0.477. The summed E-state index contributed by atoms with van der Waals surface area (Å²) in [4.78, 5) is 9.83. The molecule has 0 unspecified atom stereocenters. The summed E-state index contributed by atoms with van der Waals surface area (Å²) >= 11 is 17.8. The van der Waals surface area contributed by atoms with Crippen molar-refractivity contribution in [2.45, 2.75) is 18.1 Å². The molecule has 98 valence electrons. The number of aliphatic hydroxyl groups is 1. The molecule has 18 heavy (non-hydrogen) atoms. The lowest BCUT2D eigenvalue weighted by molar-refractivity contribution is 0.0686. The number of nitrogens with zero attached hydrogens (tertiary/aromatic N) is 3. The van der Waals surface area contributed by atoms with Crippen molar-refractivity contribution in [2.75, 3.05) is 24.7 Å². The number of aliphatic hydroxyl groups excluding tert-OH is 1. The van der Waals surface area contributed by atoms with Crippen LogP contribution < -0.4 is 4.90 Å². The van der Waals surface area contributed by atoms with Gasteiger partial charge in [0, 0.05) is 13.0 Å². The van der Waals surface area contributed by atoms with E-state index in [4.69, 9.17) is 39.5 Å². The van der Waals surface area contributed by atoms with E-state index in [2.05, 4.69) is 9.97 Å². The highest BCUT2D eigenvalue weighted by molar-refractivity contribution is 6.43. The minimum absolute atomic E-state index is 0.0287. The summed E-state index contributed by atoms with van der Waals surface area (Å²) in [6, 6.07) is 0. The Balaban J connectivity index is 2.06. The lowest BCUT2D eigenvalue weighted by atomic mass is 10.0. The molecule has 2 bridgehead atoms. The molecule has 0 aromatic carbocycles. The fourth-order valence-corrected chi connectivity index (χ4v) is 3.15. The summed E-state index contributed by atoms with van der Waals surface area (Å²) < 4.78 is 5.54. The molecule has 0 saturated carbocycles. The Bertz CT molecular complexity index is 502. The summed E-state index contributed by atoms with van der Waals surface area (Å²) in [6.45, 7) is 1.03. The number of morpholine rings is 1. The lowest BCUT2D eigenvalue weighted by Crippen LogP contribution is -2.52. The molecule has 3 rings (SSSR count). The van der Waals surface area contributed by atoms with Crippen LogP contribution >= 0.6 is 34.8 Å². The maximum absolute atomic E-state index is 9.63. The van der Waals surface area contributed by atoms with Crippen LogP contribution in [-0.4, -0.2) is 46.5 Å². The summed E-state index contributed by atoms with van der Waals surface area (Å²) in [7, 11) is 0. The smallest absolute Gasteiger partial charge is 0.225 e. The minimum Gasteiger partial charge on any atom is -0.394 e. The van der Waals surface area contributed by atoms with Crippen LogP contribution in [0, 0.1) is 0 Å². The Morgan fingerprint density at radius 1 is 1.39 bits per heavy atom. The molecule has 8 heteroatoms. The Morgan fingerprint density at radius 2 is 2.17 bits per heavy atom. The first kappa shape index (κ1) is 12.7. The van der Waals surface area contributed by atoms with Crippen molar-refractivity contribution in [3.05, 3.63) is 15.5 Å². The second-order valence-electron chi connectivity index (χ2n) is 4.55. The molecule has 2 atom stereocenters.